The fourth-order valence-electron chi connectivity index (χ4n) is 4.84. The van der Waals surface area contributed by atoms with Gasteiger partial charge in [0.2, 0.25) is 5.95 Å². The molecule has 2 aromatic rings. The largest absolute Gasteiger partial charge is 0.368 e. The van der Waals surface area contributed by atoms with Crippen LogP contribution in [0.5, 0.6) is 0 Å². The molecule has 31 heavy (non-hydrogen) atoms. The highest BCUT2D eigenvalue weighted by Crippen LogP contribution is 2.41. The first kappa shape index (κ1) is 21.5. The second-order valence-corrected chi connectivity index (χ2v) is 8.73. The molecule has 1 saturated heterocycles. The molecule has 8 heteroatoms. The van der Waals surface area contributed by atoms with Gasteiger partial charge in [-0.15, -0.1) is 0 Å². The number of carbonyl (C=O) groups is 1. The highest BCUT2D eigenvalue weighted by atomic mass is 16.5. The van der Waals surface area contributed by atoms with Crippen LogP contribution < -0.4 is 10.5 Å². The summed E-state index contributed by atoms with van der Waals surface area (Å²) in [5.41, 5.74) is 3.53. The van der Waals surface area contributed by atoms with Crippen molar-refractivity contribution < 1.29 is 9.53 Å². The molecule has 4 rings (SSSR count). The molecule has 4 heterocycles. The predicted octanol–water partition coefficient (Wildman–Crippen LogP) is 1.82. The lowest BCUT2D eigenvalue weighted by molar-refractivity contribution is -0.0967. The van der Waals surface area contributed by atoms with Crippen molar-refractivity contribution in [1.82, 2.24) is 19.4 Å². The summed E-state index contributed by atoms with van der Waals surface area (Å²) in [6, 6.07) is 1.75. The van der Waals surface area contributed by atoms with Crippen LogP contribution in [0.25, 0.3) is 0 Å². The molecule has 0 unspecified atom stereocenters. The molecule has 0 atom stereocenters. The highest BCUT2D eigenvalue weighted by Gasteiger charge is 2.43. The Balaban J connectivity index is 1.59. The van der Waals surface area contributed by atoms with Gasteiger partial charge in [0.15, 0.2) is 0 Å². The Morgan fingerprint density at radius 1 is 1.29 bits per heavy atom. The summed E-state index contributed by atoms with van der Waals surface area (Å²) in [7, 11) is 5.59. The molecule has 0 N–H and O–H groups in total. The number of aryl methyl sites for hydroxylation is 1. The summed E-state index contributed by atoms with van der Waals surface area (Å²) in [6.45, 7) is 5.65. The van der Waals surface area contributed by atoms with Gasteiger partial charge in [-0.3, -0.25) is 9.59 Å². The van der Waals surface area contributed by atoms with Crippen LogP contribution in [0, 0.1) is 6.92 Å². The molecule has 2 aliphatic rings. The van der Waals surface area contributed by atoms with Crippen molar-refractivity contribution in [2.24, 2.45) is 7.05 Å². The predicted molar refractivity (Wildman–Crippen MR) is 119 cm³/mol. The number of hydrogen-bond donors (Lipinski definition) is 0. The molecule has 1 spiro atoms. The van der Waals surface area contributed by atoms with Gasteiger partial charge in [0.25, 0.3) is 11.5 Å². The Labute approximate surface area is 182 Å². The molecule has 0 saturated carbocycles. The van der Waals surface area contributed by atoms with E-state index in [9.17, 15) is 9.59 Å². The number of nitrogens with zero attached hydrogens (tertiary/aromatic N) is 5. The van der Waals surface area contributed by atoms with Gasteiger partial charge in [-0.1, -0.05) is 6.92 Å². The maximum atomic E-state index is 13.2. The van der Waals surface area contributed by atoms with Crippen molar-refractivity contribution in [1.29, 1.82) is 0 Å². The molecule has 2 aliphatic heterocycles. The van der Waals surface area contributed by atoms with Crippen molar-refractivity contribution in [2.75, 3.05) is 38.7 Å². The van der Waals surface area contributed by atoms with Gasteiger partial charge in [-0.25, -0.2) is 9.97 Å². The smallest absolute Gasteiger partial charge is 0.263 e. The molecule has 166 valence electrons. The molecule has 0 bridgehead atoms. The van der Waals surface area contributed by atoms with Gasteiger partial charge in [0, 0.05) is 46.1 Å². The zero-order valence-corrected chi connectivity index (χ0v) is 19.1. The molecule has 1 amide bonds. The third-order valence-electron chi connectivity index (χ3n) is 6.61. The van der Waals surface area contributed by atoms with Crippen LogP contribution in [0.2, 0.25) is 0 Å². The molecule has 0 radical (unpaired) electrons. The summed E-state index contributed by atoms with van der Waals surface area (Å²) >= 11 is 0. The van der Waals surface area contributed by atoms with Crippen LogP contribution in [0.3, 0.4) is 0 Å². The van der Waals surface area contributed by atoms with Crippen molar-refractivity contribution in [2.45, 2.75) is 45.1 Å². The molecule has 8 nitrogen and oxygen atoms in total. The maximum Gasteiger partial charge on any atom is 0.263 e. The van der Waals surface area contributed by atoms with Crippen molar-refractivity contribution in [3.8, 4) is 0 Å². The maximum absolute atomic E-state index is 13.2. The minimum Gasteiger partial charge on any atom is -0.368 e. The quantitative estimate of drug-likeness (QED) is 0.746. The number of piperidine rings is 1. The van der Waals surface area contributed by atoms with Crippen molar-refractivity contribution in [3.05, 3.63) is 50.7 Å². The summed E-state index contributed by atoms with van der Waals surface area (Å²) in [6.07, 6.45) is 4.77. The average Bonchev–Trinajstić information content (AvgIpc) is 2.77. The second kappa shape index (κ2) is 8.07. The number of anilines is 1. The molecule has 2 aromatic heterocycles. The minimum absolute atomic E-state index is 0.200. The van der Waals surface area contributed by atoms with Gasteiger partial charge in [-0.05, 0) is 49.8 Å². The molecular weight excluding hydrogens is 394 g/mol. The lowest BCUT2D eigenvalue weighted by Crippen LogP contribution is -2.50. The van der Waals surface area contributed by atoms with Crippen LogP contribution in [0.15, 0.2) is 17.1 Å². The Bertz CT molecular complexity index is 1070. The second-order valence-electron chi connectivity index (χ2n) is 8.73. The number of aromatic nitrogens is 3. The average molecular weight is 426 g/mol. The van der Waals surface area contributed by atoms with Crippen LogP contribution in [0.1, 0.15) is 52.6 Å². The Morgan fingerprint density at radius 2 is 2.00 bits per heavy atom. The number of fused-ring (bicyclic) bond motifs is 2. The molecule has 0 aliphatic carbocycles. The topological polar surface area (TPSA) is 80.6 Å². The van der Waals surface area contributed by atoms with Crippen LogP contribution >= 0.6 is 0 Å². The molecular formula is C23H31N5O3. The SMILES string of the molecule is CCc1c(C)cc(C(=O)N2CCC3(CC2)OCCc2cnc(N(C)C)nc23)c(=O)n1C. The van der Waals surface area contributed by atoms with Crippen LogP contribution in [0.4, 0.5) is 5.95 Å². The highest BCUT2D eigenvalue weighted by molar-refractivity contribution is 5.94. The van der Waals surface area contributed by atoms with Crippen molar-refractivity contribution >= 4 is 11.9 Å². The molecule has 1 fully saturated rings. The Kier molecular flexibility index (Phi) is 5.60. The lowest BCUT2D eigenvalue weighted by atomic mass is 9.83. The third-order valence-corrected chi connectivity index (χ3v) is 6.61. The first-order valence-electron chi connectivity index (χ1n) is 10.9. The van der Waals surface area contributed by atoms with Crippen LogP contribution in [-0.4, -0.2) is 59.1 Å². The third kappa shape index (κ3) is 3.63. The van der Waals surface area contributed by atoms with Crippen LogP contribution in [-0.2, 0) is 30.2 Å². The summed E-state index contributed by atoms with van der Waals surface area (Å²) in [5, 5.41) is 0. The summed E-state index contributed by atoms with van der Waals surface area (Å²) in [5.74, 6) is 0.464. The normalized spacial score (nSPS) is 17.5. The fourth-order valence-corrected chi connectivity index (χ4v) is 4.84. The monoisotopic (exact) mass is 425 g/mol. The summed E-state index contributed by atoms with van der Waals surface area (Å²) < 4.78 is 7.89. The van der Waals surface area contributed by atoms with E-state index in [1.54, 1.807) is 22.6 Å². The Morgan fingerprint density at radius 3 is 2.65 bits per heavy atom. The Hall–Kier alpha value is -2.74. The standard InChI is InChI=1S/C23H31N5O3/c1-6-18-15(2)13-17(20(29)27(18)5)21(30)28-10-8-23(9-11-28)19-16(7-12-31-23)14-24-22(25-19)26(3)4/h13-14H,6-12H2,1-5H3. The number of likely N-dealkylation sites (tertiary alicyclic amines) is 1. The van der Waals surface area contributed by atoms with E-state index < -0.39 is 5.60 Å². The number of carbonyl (C=O) groups excluding carboxylic acids is 1. The van der Waals surface area contributed by atoms with E-state index in [2.05, 4.69) is 4.98 Å². The number of hydrogen-bond acceptors (Lipinski definition) is 6. The number of rotatable bonds is 3. The van der Waals surface area contributed by atoms with E-state index in [-0.39, 0.29) is 17.0 Å². The van der Waals surface area contributed by atoms with Gasteiger partial charge in [0.1, 0.15) is 11.2 Å². The van der Waals surface area contributed by atoms with E-state index >= 15 is 0 Å². The van der Waals surface area contributed by atoms with Gasteiger partial charge >= 0.3 is 0 Å². The number of ether oxygens (including phenoxy) is 1. The first-order valence-corrected chi connectivity index (χ1v) is 10.9. The lowest BCUT2D eigenvalue weighted by Gasteiger charge is -2.44. The van der Waals surface area contributed by atoms with E-state index in [0.29, 0.717) is 38.5 Å². The first-order chi connectivity index (χ1) is 14.8. The van der Waals surface area contributed by atoms with Gasteiger partial charge < -0.3 is 19.1 Å². The van der Waals surface area contributed by atoms with Gasteiger partial charge in [0.05, 0.1) is 12.3 Å². The zero-order chi connectivity index (χ0) is 22.3. The molecule has 0 aromatic carbocycles. The van der Waals surface area contributed by atoms with E-state index in [4.69, 9.17) is 9.72 Å². The van der Waals surface area contributed by atoms with E-state index in [1.807, 2.05) is 39.0 Å². The number of pyridine rings is 1. The fraction of sp³-hybridized carbons (Fsp3) is 0.565. The zero-order valence-electron chi connectivity index (χ0n) is 19.1. The van der Waals surface area contributed by atoms with Crippen molar-refractivity contribution in [3.63, 3.8) is 0 Å². The minimum atomic E-state index is -0.495. The van der Waals surface area contributed by atoms with Gasteiger partial charge in [-0.2, -0.15) is 0 Å². The van der Waals surface area contributed by atoms with E-state index in [0.717, 1.165) is 35.4 Å². The van der Waals surface area contributed by atoms with E-state index in [1.165, 1.54) is 0 Å². The summed E-state index contributed by atoms with van der Waals surface area (Å²) in [4.78, 5) is 39.0. The number of amides is 1.